The Morgan fingerprint density at radius 3 is 2.27 bits per heavy atom. The lowest BCUT2D eigenvalue weighted by atomic mass is 9.83. The summed E-state index contributed by atoms with van der Waals surface area (Å²) in [6.07, 6.45) is 4.01. The molecule has 3 atom stereocenters. The Labute approximate surface area is 494 Å². The average molecular weight is 1180 g/mol. The summed E-state index contributed by atoms with van der Waals surface area (Å²) < 4.78 is 48.1. The van der Waals surface area contributed by atoms with Gasteiger partial charge in [-0.05, 0) is 179 Å². The standard InChI is InChI=1S/C56H63F3N10O4S.C4H8S.CH2O.2CH4/c1-34-7-18-45-50(60)51(74-55(45)65-34)54(72)67-42-16-12-37-29-43(17-13-36(37)28-42)68-31-38-8-9-39(32-68)49(38)53(71)64-25-27-73-26-24-63-52(70)35-10-14-40(15-11-35)62-21-3-4-44-30-46-47(66-41-19-22-61-23-20-41)5-2-6-48(46)69(44)33-56(57,58)59;1-4(2)5-3;1-2;;/h2,5-7,10-11,13-15,17-18,29-30,38-39,41-42,49,61-62,66H,8-9,12,16,19-28,31-33,60H2,1H3,(H,63,70)(H,64,71)(H,67,72);1H2,2-3H3;1H2;2*1H4. The van der Waals surface area contributed by atoms with Crippen LogP contribution in [0.2, 0.25) is 0 Å². The smallest absolute Gasteiger partial charge is 0.397 e. The van der Waals surface area contributed by atoms with Crippen LogP contribution in [0, 0.1) is 36.5 Å². The highest BCUT2D eigenvalue weighted by Crippen LogP contribution is 2.44. The molecule has 0 spiro atoms. The molecule has 15 nitrogen and oxygen atoms in total. The molecule has 6 aromatic rings. The molecule has 0 radical (unpaired) electrons. The Hall–Kier alpha value is -7.05. The fraction of sp³-hybridized carbons (Fsp3) is 0.444. The monoisotopic (exact) mass is 1180 g/mol. The normalized spacial score (nSPS) is 18.0. The lowest BCUT2D eigenvalue weighted by Gasteiger charge is -2.39. The third-order valence-electron chi connectivity index (χ3n) is 15.3. The van der Waals surface area contributed by atoms with Gasteiger partial charge >= 0.3 is 6.18 Å². The number of carbonyl (C=O) groups excluding carboxylic acids is 4. The largest absolute Gasteiger partial charge is 0.406 e. The number of hydrogen-bond acceptors (Lipinski definition) is 13. The fourth-order valence-electron chi connectivity index (χ4n) is 11.3. The van der Waals surface area contributed by atoms with Crippen LogP contribution in [0.15, 0.2) is 90.3 Å². The van der Waals surface area contributed by atoms with Gasteiger partial charge in [0, 0.05) is 83.3 Å². The van der Waals surface area contributed by atoms with Crippen molar-refractivity contribution in [3.05, 3.63) is 123 Å². The zero-order chi connectivity index (χ0) is 57.6. The van der Waals surface area contributed by atoms with Crippen molar-refractivity contribution in [2.75, 3.05) is 86.5 Å². The van der Waals surface area contributed by atoms with Crippen molar-refractivity contribution in [3.8, 4) is 11.8 Å². The molecule has 2 aliphatic heterocycles. The summed E-state index contributed by atoms with van der Waals surface area (Å²) in [5, 5.41) is 20.8. The molecule has 20 heteroatoms. The van der Waals surface area contributed by atoms with Gasteiger partial charge in [-0.25, -0.2) is 4.98 Å². The van der Waals surface area contributed by atoms with Crippen LogP contribution in [0.3, 0.4) is 0 Å². The summed E-state index contributed by atoms with van der Waals surface area (Å²) in [5.41, 5.74) is 14.3. The van der Waals surface area contributed by atoms with E-state index in [1.165, 1.54) is 37.6 Å². The van der Waals surface area contributed by atoms with Gasteiger partial charge in [0.15, 0.2) is 0 Å². The summed E-state index contributed by atoms with van der Waals surface area (Å²) in [4.78, 5) is 57.1. The molecule has 3 aromatic carbocycles. The molecular formula is C63H81F3N10O5S2. The molecule has 2 aliphatic carbocycles. The third-order valence-corrected chi connectivity index (χ3v) is 17.2. The average Bonchev–Trinajstić information content (AvgIpc) is 4.28. The highest BCUT2D eigenvalue weighted by Gasteiger charge is 2.46. The van der Waals surface area contributed by atoms with Crippen molar-refractivity contribution < 1.29 is 37.1 Å². The number of hydrogen-bond donors (Lipinski definition) is 7. The number of allylic oxidation sites excluding steroid dienone is 1. The number of pyridine rings is 1. The van der Waals surface area contributed by atoms with Crippen LogP contribution in [0.5, 0.6) is 0 Å². The van der Waals surface area contributed by atoms with Crippen molar-refractivity contribution in [3.63, 3.8) is 0 Å². The molecule has 2 bridgehead atoms. The molecule has 4 aliphatic rings. The number of rotatable bonds is 17. The van der Waals surface area contributed by atoms with Crippen LogP contribution in [0.4, 0.5) is 35.9 Å². The Morgan fingerprint density at radius 1 is 0.880 bits per heavy atom. The van der Waals surface area contributed by atoms with E-state index in [0.717, 1.165) is 92.7 Å². The van der Waals surface area contributed by atoms with Crippen LogP contribution in [0.25, 0.3) is 21.1 Å². The highest BCUT2D eigenvalue weighted by atomic mass is 32.2. The van der Waals surface area contributed by atoms with Crippen molar-refractivity contribution >= 4 is 91.5 Å². The third kappa shape index (κ3) is 17.0. The summed E-state index contributed by atoms with van der Waals surface area (Å²) in [7, 11) is 0. The van der Waals surface area contributed by atoms with Gasteiger partial charge in [0.1, 0.15) is 23.0 Å². The van der Waals surface area contributed by atoms with Gasteiger partial charge in [-0.2, -0.15) is 13.2 Å². The van der Waals surface area contributed by atoms with E-state index < -0.39 is 12.7 Å². The molecule has 3 aromatic heterocycles. The summed E-state index contributed by atoms with van der Waals surface area (Å²) in [6, 6.07) is 24.8. The number of thiophene rings is 1. The molecule has 8 N–H and O–H groups in total. The first-order valence-corrected chi connectivity index (χ1v) is 29.6. The minimum Gasteiger partial charge on any atom is -0.397 e. The van der Waals surface area contributed by atoms with Crippen molar-refractivity contribution in [1.82, 2.24) is 30.8 Å². The zero-order valence-corrected chi connectivity index (χ0v) is 47.9. The zero-order valence-electron chi connectivity index (χ0n) is 46.2. The van der Waals surface area contributed by atoms with Crippen LogP contribution < -0.4 is 42.5 Å². The first-order chi connectivity index (χ1) is 39.1. The minimum atomic E-state index is -4.42. The van der Waals surface area contributed by atoms with E-state index in [1.807, 2.05) is 45.1 Å². The number of piperidine rings is 2. The fourth-order valence-corrected chi connectivity index (χ4v) is 12.3. The Morgan fingerprint density at radius 2 is 1.58 bits per heavy atom. The molecular weight excluding hydrogens is 1100 g/mol. The second kappa shape index (κ2) is 30.5. The van der Waals surface area contributed by atoms with E-state index >= 15 is 0 Å². The minimum absolute atomic E-state index is 0. The lowest BCUT2D eigenvalue weighted by molar-refractivity contribution is -0.140. The number of carbonyl (C=O) groups is 4. The highest BCUT2D eigenvalue weighted by molar-refractivity contribution is 8.02. The number of ether oxygens (including phenoxy) is 1. The van der Waals surface area contributed by atoms with E-state index in [1.54, 1.807) is 54.2 Å². The van der Waals surface area contributed by atoms with E-state index in [-0.39, 0.29) is 81.3 Å². The first-order valence-electron chi connectivity index (χ1n) is 27.5. The predicted octanol–water partition coefficient (Wildman–Crippen LogP) is 10.6. The number of nitrogens with one attached hydrogen (secondary N) is 6. The van der Waals surface area contributed by atoms with E-state index in [4.69, 9.17) is 15.3 Å². The SMILES string of the molecule is C.C.C=C(C)SC.C=O.Cc1ccc2c(N)c(C(=O)NC3CCc4cc(N5CC6CCC(C5)C6C(=O)NCCOCCNC(=O)c5ccc(NCC#Cc6cc7c(NC8CCNCC8)cccc7n6CC(F)(F)F)cc5)ccc4C3)sc2n1. The summed E-state index contributed by atoms with van der Waals surface area (Å²) in [5.74, 6) is 6.14. The number of alkyl halides is 3. The molecule has 83 heavy (non-hydrogen) atoms. The van der Waals surface area contributed by atoms with Crippen molar-refractivity contribution in [1.29, 1.82) is 0 Å². The van der Waals surface area contributed by atoms with E-state index in [9.17, 15) is 27.6 Å². The maximum atomic E-state index is 13.7. The van der Waals surface area contributed by atoms with E-state index in [2.05, 4.69) is 78.4 Å². The molecule has 1 saturated carbocycles. The molecule has 3 amide bonds. The van der Waals surface area contributed by atoms with Gasteiger partial charge in [-0.15, -0.1) is 23.1 Å². The second-order valence-electron chi connectivity index (χ2n) is 21.0. The number of nitrogens with zero attached hydrogens (tertiary/aromatic N) is 3. The molecule has 446 valence electrons. The Kier molecular flexibility index (Phi) is 23.9. The number of aromatic nitrogens is 2. The number of anilines is 4. The van der Waals surface area contributed by atoms with Gasteiger partial charge in [-0.1, -0.05) is 39.5 Å². The Balaban J connectivity index is 0.00000117. The lowest BCUT2D eigenvalue weighted by Crippen LogP contribution is -2.48. The maximum Gasteiger partial charge on any atom is 0.406 e. The molecule has 3 fully saturated rings. The Bertz CT molecular complexity index is 3230. The molecule has 3 unspecified atom stereocenters. The van der Waals surface area contributed by atoms with Gasteiger partial charge in [0.2, 0.25) is 5.91 Å². The number of halogens is 3. The van der Waals surface area contributed by atoms with Crippen molar-refractivity contribution in [2.24, 2.45) is 17.8 Å². The van der Waals surface area contributed by atoms with Crippen LogP contribution in [-0.2, 0) is 33.7 Å². The first kappa shape index (κ1) is 65.1. The number of aryl methyl sites for hydroxylation is 2. The summed E-state index contributed by atoms with van der Waals surface area (Å²) >= 11 is 3.03. The second-order valence-corrected chi connectivity index (χ2v) is 23.1. The van der Waals surface area contributed by atoms with Crippen molar-refractivity contribution in [2.45, 2.75) is 98.5 Å². The quantitative estimate of drug-likeness (QED) is 0.0338. The number of amides is 3. The van der Waals surface area contributed by atoms with Crippen LogP contribution in [-0.4, -0.2) is 118 Å². The molecule has 10 rings (SSSR count). The van der Waals surface area contributed by atoms with Gasteiger partial charge < -0.3 is 56.6 Å². The molecule has 5 heterocycles. The maximum absolute atomic E-state index is 13.7. The predicted molar refractivity (Wildman–Crippen MR) is 335 cm³/mol. The van der Waals surface area contributed by atoms with Crippen LogP contribution >= 0.6 is 23.1 Å². The van der Waals surface area contributed by atoms with Gasteiger partial charge in [-0.3, -0.25) is 14.4 Å². The number of nitrogens with two attached hydrogens (primary N) is 1. The number of nitrogen functional groups attached to an aromatic ring is 1. The number of thioether (sulfide) groups is 1. The number of benzene rings is 3. The van der Waals surface area contributed by atoms with Crippen LogP contribution in [0.1, 0.15) is 96.4 Å². The molecule has 2 saturated heterocycles. The van der Waals surface area contributed by atoms with Gasteiger partial charge in [0.25, 0.3) is 11.8 Å². The number of fused-ring (bicyclic) bond motifs is 5. The summed E-state index contributed by atoms with van der Waals surface area (Å²) in [6.45, 7) is 13.4. The topological polar surface area (TPSA) is 197 Å². The van der Waals surface area contributed by atoms with E-state index in [0.29, 0.717) is 52.4 Å². The van der Waals surface area contributed by atoms with Gasteiger partial charge in [0.05, 0.1) is 36.7 Å².